The van der Waals surface area contributed by atoms with Gasteiger partial charge in [0, 0.05) is 5.25 Å². The Balaban J connectivity index is 2.18. The predicted octanol–water partition coefficient (Wildman–Crippen LogP) is 3.17. The van der Waals surface area contributed by atoms with Gasteiger partial charge in [0.1, 0.15) is 0 Å². The highest BCUT2D eigenvalue weighted by Gasteiger charge is 2.21. The van der Waals surface area contributed by atoms with Crippen molar-refractivity contribution >= 4 is 11.8 Å². The third-order valence-electron chi connectivity index (χ3n) is 2.02. The molecule has 60 valence electrons. The van der Waals surface area contributed by atoms with E-state index in [-0.39, 0.29) is 0 Å². The van der Waals surface area contributed by atoms with Crippen molar-refractivity contribution in [2.45, 2.75) is 38.9 Å². The Morgan fingerprint density at radius 2 is 2.20 bits per heavy atom. The molecule has 0 amide bonds. The van der Waals surface area contributed by atoms with E-state index in [1.165, 1.54) is 18.6 Å². The lowest BCUT2D eigenvalue weighted by molar-refractivity contribution is 0.517. The van der Waals surface area contributed by atoms with E-state index < -0.39 is 0 Å². The fourth-order valence-corrected chi connectivity index (χ4v) is 3.30. The summed E-state index contributed by atoms with van der Waals surface area (Å²) < 4.78 is 0. The number of rotatable bonds is 2. The predicted molar refractivity (Wildman–Crippen MR) is 49.5 cm³/mol. The summed E-state index contributed by atoms with van der Waals surface area (Å²) in [6, 6.07) is 0. The van der Waals surface area contributed by atoms with Crippen molar-refractivity contribution in [1.29, 1.82) is 0 Å². The Bertz CT molecular complexity index is 98.9. The maximum absolute atomic E-state index is 2.37. The summed E-state index contributed by atoms with van der Waals surface area (Å²) in [5.74, 6) is 3.27. The minimum atomic E-state index is 0.891. The first kappa shape index (κ1) is 8.45. The van der Waals surface area contributed by atoms with Crippen molar-refractivity contribution in [3.63, 3.8) is 0 Å². The number of thioether (sulfide) groups is 1. The Hall–Kier alpha value is 0.350. The van der Waals surface area contributed by atoms with Gasteiger partial charge in [-0.1, -0.05) is 20.8 Å². The van der Waals surface area contributed by atoms with Crippen LogP contribution >= 0.6 is 11.8 Å². The summed E-state index contributed by atoms with van der Waals surface area (Å²) in [4.78, 5) is 0. The van der Waals surface area contributed by atoms with E-state index in [0.29, 0.717) is 0 Å². The van der Waals surface area contributed by atoms with Crippen LogP contribution in [0.5, 0.6) is 0 Å². The molecule has 10 heavy (non-hydrogen) atoms. The average Bonchev–Trinajstić information content (AvgIpc) is 2.13. The van der Waals surface area contributed by atoms with Crippen LogP contribution < -0.4 is 0 Å². The van der Waals surface area contributed by atoms with Gasteiger partial charge >= 0.3 is 0 Å². The van der Waals surface area contributed by atoms with Crippen LogP contribution in [0.4, 0.5) is 0 Å². The maximum atomic E-state index is 2.37. The molecule has 0 nitrogen and oxygen atoms in total. The van der Waals surface area contributed by atoms with E-state index in [2.05, 4.69) is 32.5 Å². The first-order chi connectivity index (χ1) is 4.68. The number of hydrogen-bond acceptors (Lipinski definition) is 1. The Morgan fingerprint density at radius 3 is 2.60 bits per heavy atom. The second-order valence-corrected chi connectivity index (χ2v) is 5.26. The van der Waals surface area contributed by atoms with E-state index >= 15 is 0 Å². The molecule has 0 aromatic heterocycles. The molecular formula is C9H18S. The Morgan fingerprint density at radius 1 is 1.50 bits per heavy atom. The molecule has 1 heteroatoms. The van der Waals surface area contributed by atoms with Gasteiger partial charge in [-0.25, -0.2) is 0 Å². The van der Waals surface area contributed by atoms with Crippen molar-refractivity contribution in [2.75, 3.05) is 5.75 Å². The quantitative estimate of drug-likeness (QED) is 0.595. The zero-order valence-electron chi connectivity index (χ0n) is 7.26. The van der Waals surface area contributed by atoms with E-state index in [0.717, 1.165) is 17.1 Å². The summed E-state index contributed by atoms with van der Waals surface area (Å²) in [7, 11) is 0. The van der Waals surface area contributed by atoms with Gasteiger partial charge in [0.25, 0.3) is 0 Å². The van der Waals surface area contributed by atoms with Crippen LogP contribution in [0.15, 0.2) is 0 Å². The summed E-state index contributed by atoms with van der Waals surface area (Å²) in [6.07, 6.45) is 2.89. The van der Waals surface area contributed by atoms with Crippen LogP contribution in [0.2, 0.25) is 0 Å². The molecule has 0 aromatic rings. The molecule has 0 saturated carbocycles. The monoisotopic (exact) mass is 158 g/mol. The van der Waals surface area contributed by atoms with Crippen LogP contribution in [0.25, 0.3) is 0 Å². The van der Waals surface area contributed by atoms with Crippen LogP contribution in [-0.2, 0) is 0 Å². The fraction of sp³-hybridized carbons (Fsp3) is 1.00. The van der Waals surface area contributed by atoms with Gasteiger partial charge in [-0.3, -0.25) is 0 Å². The van der Waals surface area contributed by atoms with Crippen LogP contribution in [0.1, 0.15) is 33.6 Å². The summed E-state index contributed by atoms with van der Waals surface area (Å²) in [5, 5.41) is 0.981. The van der Waals surface area contributed by atoms with Crippen molar-refractivity contribution in [3.05, 3.63) is 0 Å². The molecule has 1 fully saturated rings. The van der Waals surface area contributed by atoms with Gasteiger partial charge in [-0.05, 0) is 30.4 Å². The van der Waals surface area contributed by atoms with Gasteiger partial charge in [-0.15, -0.1) is 0 Å². The molecule has 2 unspecified atom stereocenters. The van der Waals surface area contributed by atoms with Crippen LogP contribution in [0.3, 0.4) is 0 Å². The molecule has 1 rings (SSSR count). The molecule has 0 spiro atoms. The summed E-state index contributed by atoms with van der Waals surface area (Å²) >= 11 is 2.18. The standard InChI is InChI=1S/C9H18S/c1-7(2)4-9-5-8(3)6-10-9/h7-9H,4-6H2,1-3H3. The first-order valence-electron chi connectivity index (χ1n) is 4.30. The highest BCUT2D eigenvalue weighted by molar-refractivity contribution is 8.00. The Labute approximate surface area is 68.8 Å². The highest BCUT2D eigenvalue weighted by atomic mass is 32.2. The lowest BCUT2D eigenvalue weighted by Gasteiger charge is -2.10. The molecule has 1 heterocycles. The fourth-order valence-electron chi connectivity index (χ4n) is 1.58. The van der Waals surface area contributed by atoms with E-state index in [1.807, 2.05) is 0 Å². The second-order valence-electron chi connectivity index (χ2n) is 3.93. The molecule has 0 bridgehead atoms. The zero-order valence-corrected chi connectivity index (χ0v) is 8.08. The van der Waals surface area contributed by atoms with Gasteiger partial charge in [0.2, 0.25) is 0 Å². The van der Waals surface area contributed by atoms with E-state index in [4.69, 9.17) is 0 Å². The number of hydrogen-bond donors (Lipinski definition) is 0. The van der Waals surface area contributed by atoms with Crippen LogP contribution in [-0.4, -0.2) is 11.0 Å². The zero-order chi connectivity index (χ0) is 7.56. The van der Waals surface area contributed by atoms with Crippen molar-refractivity contribution in [3.8, 4) is 0 Å². The van der Waals surface area contributed by atoms with Crippen molar-refractivity contribution < 1.29 is 0 Å². The molecule has 2 atom stereocenters. The molecule has 0 radical (unpaired) electrons. The van der Waals surface area contributed by atoms with E-state index in [9.17, 15) is 0 Å². The largest absolute Gasteiger partial charge is 0.158 e. The molecule has 0 N–H and O–H groups in total. The maximum Gasteiger partial charge on any atom is 0.00524 e. The smallest absolute Gasteiger partial charge is 0.00524 e. The normalized spacial score (nSPS) is 33.6. The molecule has 1 saturated heterocycles. The van der Waals surface area contributed by atoms with Gasteiger partial charge in [0.15, 0.2) is 0 Å². The second kappa shape index (κ2) is 3.66. The third kappa shape index (κ3) is 2.53. The van der Waals surface area contributed by atoms with Gasteiger partial charge in [-0.2, -0.15) is 11.8 Å². The molecule has 1 aliphatic heterocycles. The van der Waals surface area contributed by atoms with Gasteiger partial charge < -0.3 is 0 Å². The average molecular weight is 158 g/mol. The minimum Gasteiger partial charge on any atom is -0.158 e. The van der Waals surface area contributed by atoms with E-state index in [1.54, 1.807) is 0 Å². The topological polar surface area (TPSA) is 0 Å². The lowest BCUT2D eigenvalue weighted by Crippen LogP contribution is -2.02. The summed E-state index contributed by atoms with van der Waals surface area (Å²) in [5.41, 5.74) is 0. The minimum absolute atomic E-state index is 0.891. The van der Waals surface area contributed by atoms with Gasteiger partial charge in [0.05, 0.1) is 0 Å². The molecule has 0 aliphatic carbocycles. The van der Waals surface area contributed by atoms with Crippen molar-refractivity contribution in [2.24, 2.45) is 11.8 Å². The van der Waals surface area contributed by atoms with Crippen LogP contribution in [0, 0.1) is 11.8 Å². The van der Waals surface area contributed by atoms with Crippen molar-refractivity contribution in [1.82, 2.24) is 0 Å². The SMILES string of the molecule is CC(C)CC1CC(C)CS1. The first-order valence-corrected chi connectivity index (χ1v) is 5.35. The Kier molecular flexibility index (Phi) is 3.09. The lowest BCUT2D eigenvalue weighted by atomic mass is 10.0. The molecule has 0 aromatic carbocycles. The highest BCUT2D eigenvalue weighted by Crippen LogP contribution is 2.34. The third-order valence-corrected chi connectivity index (χ3v) is 3.63. The molecule has 1 aliphatic rings. The molecular weight excluding hydrogens is 140 g/mol. The summed E-state index contributed by atoms with van der Waals surface area (Å²) in [6.45, 7) is 7.01.